The van der Waals surface area contributed by atoms with Gasteiger partial charge in [-0.2, -0.15) is 0 Å². The van der Waals surface area contributed by atoms with Crippen LogP contribution in [0.25, 0.3) is 0 Å². The predicted octanol–water partition coefficient (Wildman–Crippen LogP) is 2.89. The minimum atomic E-state index is -0.443. The summed E-state index contributed by atoms with van der Waals surface area (Å²) in [6, 6.07) is 7.79. The quantitative estimate of drug-likeness (QED) is 0.688. The summed E-state index contributed by atoms with van der Waals surface area (Å²) in [5, 5.41) is 13.3. The van der Waals surface area contributed by atoms with E-state index in [-0.39, 0.29) is 0 Å². The Morgan fingerprint density at radius 3 is 2.89 bits per heavy atom. The van der Waals surface area contributed by atoms with Crippen molar-refractivity contribution in [3.05, 3.63) is 34.3 Å². The maximum Gasteiger partial charge on any atom is 0.0914 e. The Bertz CT molecular complexity index is 333. The molecule has 0 bridgehead atoms. The van der Waals surface area contributed by atoms with Gasteiger partial charge in [-0.25, -0.2) is 0 Å². The summed E-state index contributed by atoms with van der Waals surface area (Å²) in [7, 11) is 1.73. The summed E-state index contributed by atoms with van der Waals surface area (Å²) in [4.78, 5) is 0. The van der Waals surface area contributed by atoms with Gasteiger partial charge >= 0.3 is 0 Å². The SMILES string of the molecule is COCCCCCNCC(O)c1cccc(Br)c1. The first-order valence-corrected chi connectivity index (χ1v) is 7.16. The lowest BCUT2D eigenvalue weighted by Gasteiger charge is -2.12. The second kappa shape index (κ2) is 9.50. The lowest BCUT2D eigenvalue weighted by molar-refractivity contribution is 0.173. The van der Waals surface area contributed by atoms with E-state index >= 15 is 0 Å². The number of aliphatic hydroxyl groups is 1. The van der Waals surface area contributed by atoms with Crippen molar-refractivity contribution in [3.63, 3.8) is 0 Å². The molecule has 0 aromatic heterocycles. The smallest absolute Gasteiger partial charge is 0.0914 e. The molecule has 0 saturated heterocycles. The Kier molecular flexibility index (Phi) is 8.25. The van der Waals surface area contributed by atoms with Crippen LogP contribution in [-0.4, -0.2) is 31.9 Å². The third-order valence-corrected chi connectivity index (χ3v) is 3.27. The number of rotatable bonds is 9. The number of ether oxygens (including phenoxy) is 1. The molecule has 102 valence electrons. The average molecular weight is 316 g/mol. The molecular weight excluding hydrogens is 294 g/mol. The molecule has 18 heavy (non-hydrogen) atoms. The number of nitrogens with one attached hydrogen (secondary N) is 1. The highest BCUT2D eigenvalue weighted by Crippen LogP contribution is 2.17. The highest BCUT2D eigenvalue weighted by atomic mass is 79.9. The number of unbranched alkanes of at least 4 members (excludes halogenated alkanes) is 2. The van der Waals surface area contributed by atoms with Crippen LogP contribution < -0.4 is 5.32 Å². The van der Waals surface area contributed by atoms with E-state index in [1.54, 1.807) is 7.11 Å². The summed E-state index contributed by atoms with van der Waals surface area (Å²) < 4.78 is 5.99. The van der Waals surface area contributed by atoms with Gasteiger partial charge in [0.25, 0.3) is 0 Å². The zero-order valence-corrected chi connectivity index (χ0v) is 12.4. The number of halogens is 1. The number of aliphatic hydroxyl groups excluding tert-OH is 1. The Morgan fingerprint density at radius 1 is 1.33 bits per heavy atom. The van der Waals surface area contributed by atoms with Gasteiger partial charge in [-0.3, -0.25) is 0 Å². The Balaban J connectivity index is 2.12. The third-order valence-electron chi connectivity index (χ3n) is 2.77. The topological polar surface area (TPSA) is 41.5 Å². The lowest BCUT2D eigenvalue weighted by atomic mass is 10.1. The maximum atomic E-state index is 9.98. The summed E-state index contributed by atoms with van der Waals surface area (Å²) >= 11 is 3.40. The molecule has 3 nitrogen and oxygen atoms in total. The molecule has 1 atom stereocenters. The van der Waals surface area contributed by atoms with Crippen molar-refractivity contribution < 1.29 is 9.84 Å². The van der Waals surface area contributed by atoms with Gasteiger partial charge in [0, 0.05) is 24.7 Å². The van der Waals surface area contributed by atoms with Crippen LogP contribution in [0.1, 0.15) is 30.9 Å². The van der Waals surface area contributed by atoms with Gasteiger partial charge < -0.3 is 15.2 Å². The van der Waals surface area contributed by atoms with E-state index in [9.17, 15) is 5.11 Å². The molecule has 0 amide bonds. The predicted molar refractivity (Wildman–Crippen MR) is 77.7 cm³/mol. The van der Waals surface area contributed by atoms with Crippen molar-refractivity contribution in [2.75, 3.05) is 26.8 Å². The third kappa shape index (κ3) is 6.50. The van der Waals surface area contributed by atoms with Crippen LogP contribution >= 0.6 is 15.9 Å². The Labute approximate surface area is 118 Å². The van der Waals surface area contributed by atoms with Crippen LogP contribution in [0.5, 0.6) is 0 Å². The van der Waals surface area contributed by atoms with Crippen LogP contribution in [0.4, 0.5) is 0 Å². The molecular formula is C14H22BrNO2. The van der Waals surface area contributed by atoms with Crippen LogP contribution in [0, 0.1) is 0 Å². The van der Waals surface area contributed by atoms with Crippen molar-refractivity contribution >= 4 is 15.9 Å². The van der Waals surface area contributed by atoms with E-state index in [2.05, 4.69) is 21.2 Å². The lowest BCUT2D eigenvalue weighted by Crippen LogP contribution is -2.22. The maximum absolute atomic E-state index is 9.98. The van der Waals surface area contributed by atoms with Gasteiger partial charge in [-0.15, -0.1) is 0 Å². The standard InChI is InChI=1S/C14H22BrNO2/c1-18-9-4-2-3-8-16-11-14(17)12-6-5-7-13(15)10-12/h5-7,10,14,16-17H,2-4,8-9,11H2,1H3. The van der Waals surface area contributed by atoms with E-state index < -0.39 is 6.10 Å². The molecule has 1 aromatic rings. The first-order valence-electron chi connectivity index (χ1n) is 6.37. The van der Waals surface area contributed by atoms with E-state index in [4.69, 9.17) is 4.74 Å². The van der Waals surface area contributed by atoms with E-state index in [1.807, 2.05) is 24.3 Å². The Morgan fingerprint density at radius 2 is 2.17 bits per heavy atom. The first kappa shape index (κ1) is 15.6. The Hall–Kier alpha value is -0.420. The molecule has 0 radical (unpaired) electrons. The van der Waals surface area contributed by atoms with Crippen molar-refractivity contribution in [3.8, 4) is 0 Å². The van der Waals surface area contributed by atoms with Gasteiger partial charge in [-0.05, 0) is 43.5 Å². The number of methoxy groups -OCH3 is 1. The van der Waals surface area contributed by atoms with Crippen LogP contribution in [-0.2, 0) is 4.74 Å². The van der Waals surface area contributed by atoms with Crippen molar-refractivity contribution in [1.82, 2.24) is 5.32 Å². The molecule has 0 aliphatic heterocycles. The molecule has 0 heterocycles. The molecule has 2 N–H and O–H groups in total. The zero-order valence-electron chi connectivity index (χ0n) is 10.9. The van der Waals surface area contributed by atoms with Crippen molar-refractivity contribution in [1.29, 1.82) is 0 Å². The van der Waals surface area contributed by atoms with Gasteiger partial charge in [-0.1, -0.05) is 28.1 Å². The molecule has 1 aromatic carbocycles. The minimum Gasteiger partial charge on any atom is -0.387 e. The fourth-order valence-corrected chi connectivity index (χ4v) is 2.16. The first-order chi connectivity index (χ1) is 8.74. The molecule has 1 rings (SSSR count). The molecule has 0 spiro atoms. The van der Waals surface area contributed by atoms with Gasteiger partial charge in [0.15, 0.2) is 0 Å². The van der Waals surface area contributed by atoms with Crippen molar-refractivity contribution in [2.45, 2.75) is 25.4 Å². The summed E-state index contributed by atoms with van der Waals surface area (Å²) in [5.74, 6) is 0. The number of hydrogen-bond acceptors (Lipinski definition) is 3. The van der Waals surface area contributed by atoms with E-state index in [0.29, 0.717) is 6.54 Å². The highest BCUT2D eigenvalue weighted by molar-refractivity contribution is 9.10. The van der Waals surface area contributed by atoms with Gasteiger partial charge in [0.05, 0.1) is 6.10 Å². The minimum absolute atomic E-state index is 0.443. The molecule has 0 aliphatic carbocycles. The zero-order chi connectivity index (χ0) is 13.2. The van der Waals surface area contributed by atoms with Crippen LogP contribution in [0.3, 0.4) is 0 Å². The normalized spacial score (nSPS) is 12.6. The summed E-state index contributed by atoms with van der Waals surface area (Å²) in [5.41, 5.74) is 0.941. The molecule has 4 heteroatoms. The molecule has 0 fully saturated rings. The summed E-state index contributed by atoms with van der Waals surface area (Å²) in [6.45, 7) is 2.37. The highest BCUT2D eigenvalue weighted by Gasteiger charge is 2.06. The number of hydrogen-bond donors (Lipinski definition) is 2. The number of benzene rings is 1. The largest absolute Gasteiger partial charge is 0.387 e. The van der Waals surface area contributed by atoms with Crippen molar-refractivity contribution in [2.24, 2.45) is 0 Å². The summed E-state index contributed by atoms with van der Waals surface area (Å²) in [6.07, 6.45) is 2.94. The molecule has 0 aliphatic rings. The monoisotopic (exact) mass is 315 g/mol. The van der Waals surface area contributed by atoms with Gasteiger partial charge in [0.2, 0.25) is 0 Å². The van der Waals surface area contributed by atoms with Gasteiger partial charge in [0.1, 0.15) is 0 Å². The fourth-order valence-electron chi connectivity index (χ4n) is 1.74. The van der Waals surface area contributed by atoms with E-state index in [0.717, 1.165) is 42.5 Å². The van der Waals surface area contributed by atoms with E-state index in [1.165, 1.54) is 0 Å². The van der Waals surface area contributed by atoms with Crippen LogP contribution in [0.2, 0.25) is 0 Å². The molecule has 0 saturated carbocycles. The average Bonchev–Trinajstić information content (AvgIpc) is 2.37. The molecule has 1 unspecified atom stereocenters. The second-order valence-corrected chi connectivity index (χ2v) is 5.24. The second-order valence-electron chi connectivity index (χ2n) is 4.33. The fraction of sp³-hybridized carbons (Fsp3) is 0.571. The van der Waals surface area contributed by atoms with Crippen LogP contribution in [0.15, 0.2) is 28.7 Å².